The lowest BCUT2D eigenvalue weighted by atomic mass is 10.1. The number of fused-ring (bicyclic) bond motifs is 1. The molecule has 0 bridgehead atoms. The van der Waals surface area contributed by atoms with Gasteiger partial charge in [0.1, 0.15) is 11.6 Å². The van der Waals surface area contributed by atoms with Crippen LogP contribution in [-0.2, 0) is 5.75 Å². The minimum Gasteiger partial charge on any atom is -0.507 e. The molecule has 0 fully saturated rings. The van der Waals surface area contributed by atoms with E-state index in [-0.39, 0.29) is 0 Å². The van der Waals surface area contributed by atoms with Gasteiger partial charge in [0.15, 0.2) is 0 Å². The third kappa shape index (κ3) is 2.56. The van der Waals surface area contributed by atoms with Gasteiger partial charge in [-0.25, -0.2) is 4.98 Å². The van der Waals surface area contributed by atoms with Crippen molar-refractivity contribution in [3.8, 4) is 5.75 Å². The number of nitrogen functional groups attached to an aromatic ring is 1. The third-order valence-electron chi connectivity index (χ3n) is 3.06. The molecule has 0 aliphatic heterocycles. The first-order valence-corrected chi connectivity index (χ1v) is 7.27. The van der Waals surface area contributed by atoms with Crippen molar-refractivity contribution in [2.24, 2.45) is 0 Å². The molecule has 3 nitrogen and oxygen atoms in total. The van der Waals surface area contributed by atoms with Gasteiger partial charge in [0.05, 0.1) is 5.69 Å². The average molecular weight is 282 g/mol. The third-order valence-corrected chi connectivity index (χ3v) is 4.17. The van der Waals surface area contributed by atoms with E-state index < -0.39 is 0 Å². The van der Waals surface area contributed by atoms with Crippen LogP contribution in [0.25, 0.3) is 10.8 Å². The number of nitrogens with two attached hydrogens (primary N) is 1. The van der Waals surface area contributed by atoms with Gasteiger partial charge >= 0.3 is 0 Å². The van der Waals surface area contributed by atoms with Crippen molar-refractivity contribution in [2.45, 2.75) is 10.6 Å². The van der Waals surface area contributed by atoms with E-state index in [9.17, 15) is 5.11 Å². The molecule has 0 amide bonds. The molecule has 0 atom stereocenters. The van der Waals surface area contributed by atoms with Gasteiger partial charge in [-0.05, 0) is 29.7 Å². The Labute approximate surface area is 121 Å². The van der Waals surface area contributed by atoms with Crippen LogP contribution in [-0.4, -0.2) is 10.1 Å². The Morgan fingerprint density at radius 2 is 1.75 bits per heavy atom. The topological polar surface area (TPSA) is 59.1 Å². The van der Waals surface area contributed by atoms with Gasteiger partial charge in [-0.1, -0.05) is 30.3 Å². The zero-order valence-electron chi connectivity index (χ0n) is 10.8. The maximum atomic E-state index is 9.88. The average Bonchev–Trinajstić information content (AvgIpc) is 2.47. The molecule has 0 aliphatic carbocycles. The number of anilines is 1. The lowest BCUT2D eigenvalue weighted by molar-refractivity contribution is 0.481. The van der Waals surface area contributed by atoms with Gasteiger partial charge in [0.25, 0.3) is 0 Å². The van der Waals surface area contributed by atoms with Crippen LogP contribution in [0.2, 0.25) is 0 Å². The molecule has 20 heavy (non-hydrogen) atoms. The largest absolute Gasteiger partial charge is 0.507 e. The zero-order valence-corrected chi connectivity index (χ0v) is 11.6. The van der Waals surface area contributed by atoms with Crippen LogP contribution < -0.4 is 5.73 Å². The molecule has 0 unspecified atom stereocenters. The molecule has 2 aromatic carbocycles. The molecule has 0 spiro atoms. The Morgan fingerprint density at radius 1 is 0.950 bits per heavy atom. The van der Waals surface area contributed by atoms with Crippen molar-refractivity contribution in [1.82, 2.24) is 4.98 Å². The number of pyridine rings is 1. The number of rotatable bonds is 3. The molecular formula is C16H14N2OS. The smallest absolute Gasteiger partial charge is 0.123 e. The maximum Gasteiger partial charge on any atom is 0.123 e. The minimum absolute atomic E-state index is 0.312. The van der Waals surface area contributed by atoms with Gasteiger partial charge in [0, 0.05) is 16.0 Å². The van der Waals surface area contributed by atoms with E-state index in [0.29, 0.717) is 11.6 Å². The first-order chi connectivity index (χ1) is 9.74. The lowest BCUT2D eigenvalue weighted by Crippen LogP contribution is -1.93. The van der Waals surface area contributed by atoms with E-state index >= 15 is 0 Å². The van der Waals surface area contributed by atoms with Crippen molar-refractivity contribution in [1.29, 1.82) is 0 Å². The molecule has 0 aliphatic rings. The fourth-order valence-corrected chi connectivity index (χ4v) is 3.07. The van der Waals surface area contributed by atoms with Crippen LogP contribution in [0.1, 0.15) is 5.69 Å². The quantitative estimate of drug-likeness (QED) is 0.717. The number of benzene rings is 2. The van der Waals surface area contributed by atoms with E-state index in [4.69, 9.17) is 5.73 Å². The van der Waals surface area contributed by atoms with Gasteiger partial charge in [-0.15, -0.1) is 11.8 Å². The second-order valence-electron chi connectivity index (χ2n) is 4.47. The summed E-state index contributed by atoms with van der Waals surface area (Å²) in [5.41, 5.74) is 6.64. The number of aromatic hydroxyl groups is 1. The van der Waals surface area contributed by atoms with E-state index in [1.54, 1.807) is 23.9 Å². The predicted molar refractivity (Wildman–Crippen MR) is 83.8 cm³/mol. The summed E-state index contributed by atoms with van der Waals surface area (Å²) < 4.78 is 0. The standard InChI is InChI=1S/C16H14N2OS/c17-16-7-3-4-11(18-16)10-20-15-9-8-14(19)12-5-1-2-6-13(12)15/h1-9,19H,10H2,(H2,17,18). The summed E-state index contributed by atoms with van der Waals surface area (Å²) in [6.45, 7) is 0. The summed E-state index contributed by atoms with van der Waals surface area (Å²) >= 11 is 1.69. The first kappa shape index (κ1) is 12.8. The van der Waals surface area contributed by atoms with Crippen molar-refractivity contribution in [3.05, 3.63) is 60.3 Å². The van der Waals surface area contributed by atoms with Crippen molar-refractivity contribution < 1.29 is 5.11 Å². The molecule has 4 heteroatoms. The number of nitrogens with zero attached hydrogens (tertiary/aromatic N) is 1. The highest BCUT2D eigenvalue weighted by atomic mass is 32.2. The second kappa shape index (κ2) is 5.43. The minimum atomic E-state index is 0.312. The molecule has 0 radical (unpaired) electrons. The summed E-state index contributed by atoms with van der Waals surface area (Å²) in [5, 5.41) is 11.8. The van der Waals surface area contributed by atoms with Crippen molar-refractivity contribution >= 4 is 28.4 Å². The Hall–Kier alpha value is -2.20. The summed E-state index contributed by atoms with van der Waals surface area (Å²) in [6.07, 6.45) is 0. The van der Waals surface area contributed by atoms with Gasteiger partial charge in [-0.2, -0.15) is 0 Å². The van der Waals surface area contributed by atoms with Crippen LogP contribution in [0, 0.1) is 0 Å². The Bertz CT molecular complexity index is 758. The summed E-state index contributed by atoms with van der Waals surface area (Å²) in [4.78, 5) is 5.42. The van der Waals surface area contributed by atoms with E-state index in [2.05, 4.69) is 4.98 Å². The number of phenolic OH excluding ortho intramolecular Hbond substituents is 1. The number of hydrogen-bond donors (Lipinski definition) is 2. The first-order valence-electron chi connectivity index (χ1n) is 6.29. The highest BCUT2D eigenvalue weighted by Crippen LogP contribution is 2.34. The Morgan fingerprint density at radius 3 is 2.55 bits per heavy atom. The molecule has 3 rings (SSSR count). The maximum absolute atomic E-state index is 9.88. The van der Waals surface area contributed by atoms with Crippen molar-refractivity contribution in [3.63, 3.8) is 0 Å². The molecule has 1 aromatic heterocycles. The Balaban J connectivity index is 1.90. The summed E-state index contributed by atoms with van der Waals surface area (Å²) in [5.74, 6) is 1.60. The second-order valence-corrected chi connectivity index (χ2v) is 5.49. The fraction of sp³-hybridized carbons (Fsp3) is 0.0625. The van der Waals surface area contributed by atoms with Crippen LogP contribution in [0.15, 0.2) is 59.5 Å². The van der Waals surface area contributed by atoms with Gasteiger partial charge < -0.3 is 10.8 Å². The number of hydrogen-bond acceptors (Lipinski definition) is 4. The SMILES string of the molecule is Nc1cccc(CSc2ccc(O)c3ccccc23)n1. The van der Waals surface area contributed by atoms with E-state index in [0.717, 1.165) is 27.1 Å². The van der Waals surface area contributed by atoms with Gasteiger partial charge in [0.2, 0.25) is 0 Å². The lowest BCUT2D eigenvalue weighted by Gasteiger charge is -2.08. The van der Waals surface area contributed by atoms with Crippen LogP contribution in [0.3, 0.4) is 0 Å². The molecule has 1 heterocycles. The van der Waals surface area contributed by atoms with Crippen molar-refractivity contribution in [2.75, 3.05) is 5.73 Å². The zero-order chi connectivity index (χ0) is 13.9. The fourth-order valence-electron chi connectivity index (χ4n) is 2.11. The van der Waals surface area contributed by atoms with Crippen LogP contribution in [0.4, 0.5) is 5.82 Å². The molecule has 3 N–H and O–H groups in total. The molecule has 0 saturated carbocycles. The predicted octanol–water partition coefficient (Wildman–Crippen LogP) is 3.81. The highest BCUT2D eigenvalue weighted by molar-refractivity contribution is 7.98. The number of thioether (sulfide) groups is 1. The molecule has 100 valence electrons. The summed E-state index contributed by atoms with van der Waals surface area (Å²) in [7, 11) is 0. The van der Waals surface area contributed by atoms with E-state index in [1.165, 1.54) is 0 Å². The van der Waals surface area contributed by atoms with Crippen LogP contribution >= 0.6 is 11.8 Å². The van der Waals surface area contributed by atoms with E-state index in [1.807, 2.05) is 42.5 Å². The van der Waals surface area contributed by atoms with Crippen LogP contribution in [0.5, 0.6) is 5.75 Å². The summed E-state index contributed by atoms with van der Waals surface area (Å²) in [6, 6.07) is 17.2. The molecule has 3 aromatic rings. The molecule has 0 saturated heterocycles. The Kier molecular flexibility index (Phi) is 3.48. The highest BCUT2D eigenvalue weighted by Gasteiger charge is 2.06. The van der Waals surface area contributed by atoms with Gasteiger partial charge in [-0.3, -0.25) is 0 Å². The normalized spacial score (nSPS) is 10.8. The number of aromatic nitrogens is 1. The molecular weight excluding hydrogens is 268 g/mol. The monoisotopic (exact) mass is 282 g/mol. The number of phenols is 1.